The number of rotatable bonds is 4. The van der Waals surface area contributed by atoms with E-state index in [4.69, 9.17) is 5.73 Å². The minimum absolute atomic E-state index is 0.105. The van der Waals surface area contributed by atoms with Crippen molar-refractivity contribution in [3.05, 3.63) is 0 Å². The van der Waals surface area contributed by atoms with Crippen molar-refractivity contribution in [2.45, 2.75) is 38.5 Å². The van der Waals surface area contributed by atoms with E-state index in [2.05, 4.69) is 5.32 Å². The van der Waals surface area contributed by atoms with Crippen LogP contribution in [-0.2, 0) is 9.59 Å². The fraction of sp³-hybridized carbons (Fsp3) is 0.818. The highest BCUT2D eigenvalue weighted by Gasteiger charge is 2.50. The first kappa shape index (κ1) is 10.5. The van der Waals surface area contributed by atoms with Crippen molar-refractivity contribution in [2.24, 2.45) is 17.1 Å². The molecular weight excluding hydrogens is 192 g/mol. The topological polar surface area (TPSA) is 72.2 Å². The molecule has 4 nitrogen and oxygen atoms in total. The highest BCUT2D eigenvalue weighted by Crippen LogP contribution is 2.58. The lowest BCUT2D eigenvalue weighted by atomic mass is 9.51. The zero-order valence-electron chi connectivity index (χ0n) is 8.92. The van der Waals surface area contributed by atoms with Gasteiger partial charge in [0.2, 0.25) is 11.8 Å². The van der Waals surface area contributed by atoms with Crippen molar-refractivity contribution in [3.63, 3.8) is 0 Å². The van der Waals surface area contributed by atoms with Gasteiger partial charge in [-0.1, -0.05) is 6.42 Å². The van der Waals surface area contributed by atoms with Crippen molar-refractivity contribution in [3.8, 4) is 0 Å². The summed E-state index contributed by atoms with van der Waals surface area (Å²) >= 11 is 0. The number of nitrogens with two attached hydrogens (primary N) is 1. The fourth-order valence-electron chi connectivity index (χ4n) is 2.71. The molecule has 0 aromatic carbocycles. The summed E-state index contributed by atoms with van der Waals surface area (Å²) in [5.74, 6) is -0.0636. The molecule has 2 fully saturated rings. The average molecular weight is 210 g/mol. The Morgan fingerprint density at radius 3 is 2.47 bits per heavy atom. The molecule has 0 aromatic rings. The molecule has 2 rings (SSSR count). The van der Waals surface area contributed by atoms with Gasteiger partial charge in [0, 0.05) is 18.9 Å². The quantitative estimate of drug-likeness (QED) is 0.711. The van der Waals surface area contributed by atoms with Gasteiger partial charge in [0.1, 0.15) is 0 Å². The molecule has 0 aliphatic heterocycles. The van der Waals surface area contributed by atoms with Crippen LogP contribution in [0.15, 0.2) is 0 Å². The van der Waals surface area contributed by atoms with Crippen LogP contribution in [0, 0.1) is 11.3 Å². The number of primary amides is 1. The Morgan fingerprint density at radius 2 is 2.00 bits per heavy atom. The van der Waals surface area contributed by atoms with Crippen LogP contribution in [0.2, 0.25) is 0 Å². The van der Waals surface area contributed by atoms with E-state index in [1.165, 1.54) is 19.3 Å². The second-order valence-electron chi connectivity index (χ2n) is 4.97. The third kappa shape index (κ3) is 2.13. The van der Waals surface area contributed by atoms with Gasteiger partial charge in [0.05, 0.1) is 0 Å². The third-order valence-electron chi connectivity index (χ3n) is 3.81. The lowest BCUT2D eigenvalue weighted by Gasteiger charge is -2.53. The highest BCUT2D eigenvalue weighted by molar-refractivity contribution is 5.81. The van der Waals surface area contributed by atoms with Crippen molar-refractivity contribution in [2.75, 3.05) is 6.54 Å². The van der Waals surface area contributed by atoms with E-state index in [1.54, 1.807) is 0 Å². The van der Waals surface area contributed by atoms with E-state index in [1.807, 2.05) is 0 Å². The highest BCUT2D eigenvalue weighted by atomic mass is 16.2. The normalized spacial score (nSPS) is 22.9. The van der Waals surface area contributed by atoms with Crippen LogP contribution in [0.3, 0.4) is 0 Å². The molecule has 0 unspecified atom stereocenters. The molecule has 0 atom stereocenters. The summed E-state index contributed by atoms with van der Waals surface area (Å²) in [6.45, 7) is 0.387. The predicted octanol–water partition coefficient (Wildman–Crippen LogP) is 0.558. The van der Waals surface area contributed by atoms with Gasteiger partial charge < -0.3 is 11.1 Å². The van der Waals surface area contributed by atoms with Crippen molar-refractivity contribution >= 4 is 11.8 Å². The molecule has 0 bridgehead atoms. The van der Waals surface area contributed by atoms with Gasteiger partial charge in [0.15, 0.2) is 0 Å². The van der Waals surface area contributed by atoms with Crippen LogP contribution < -0.4 is 11.1 Å². The summed E-state index contributed by atoms with van der Waals surface area (Å²) in [5, 5.41) is 2.76. The summed E-state index contributed by atoms with van der Waals surface area (Å²) in [7, 11) is 0. The predicted molar refractivity (Wildman–Crippen MR) is 55.8 cm³/mol. The summed E-state index contributed by atoms with van der Waals surface area (Å²) in [4.78, 5) is 22.0. The zero-order valence-corrected chi connectivity index (χ0v) is 8.92. The minimum Gasteiger partial charge on any atom is -0.370 e. The van der Waals surface area contributed by atoms with Gasteiger partial charge in [-0.3, -0.25) is 9.59 Å². The Bertz CT molecular complexity index is 276. The lowest BCUT2D eigenvalue weighted by molar-refractivity contribution is -0.136. The van der Waals surface area contributed by atoms with Gasteiger partial charge >= 0.3 is 0 Å². The van der Waals surface area contributed by atoms with Crippen molar-refractivity contribution in [1.82, 2.24) is 5.32 Å². The third-order valence-corrected chi connectivity index (χ3v) is 3.81. The first-order chi connectivity index (χ1) is 7.11. The molecule has 4 heteroatoms. The minimum atomic E-state index is -0.362. The number of carbonyl (C=O) groups is 2. The summed E-state index contributed by atoms with van der Waals surface area (Å²) in [6, 6.07) is 0. The molecule has 2 aliphatic carbocycles. The molecule has 0 radical (unpaired) electrons. The molecule has 2 saturated carbocycles. The number of hydrogen-bond acceptors (Lipinski definition) is 2. The number of amides is 2. The molecule has 2 aliphatic rings. The Morgan fingerprint density at radius 1 is 1.33 bits per heavy atom. The van der Waals surface area contributed by atoms with E-state index >= 15 is 0 Å². The molecular formula is C11H18N2O2. The summed E-state index contributed by atoms with van der Waals surface area (Å²) < 4.78 is 0. The zero-order chi connectivity index (χ0) is 10.9. The summed E-state index contributed by atoms with van der Waals surface area (Å²) in [6.07, 6.45) is 6.28. The first-order valence-electron chi connectivity index (χ1n) is 5.67. The standard InChI is InChI=1S/C11H18N2O2/c12-9(14)2-5-13-10(15)8-6-11(7-8)3-1-4-11/h8H,1-7H2,(H2,12,14)(H,13,15). The van der Waals surface area contributed by atoms with Crippen LogP contribution in [-0.4, -0.2) is 18.4 Å². The number of carbonyl (C=O) groups excluding carboxylic acids is 2. The molecule has 1 spiro atoms. The van der Waals surface area contributed by atoms with E-state index in [9.17, 15) is 9.59 Å². The maximum Gasteiger partial charge on any atom is 0.223 e. The molecule has 2 amide bonds. The van der Waals surface area contributed by atoms with Crippen LogP contribution >= 0.6 is 0 Å². The molecule has 0 heterocycles. The molecule has 15 heavy (non-hydrogen) atoms. The lowest BCUT2D eigenvalue weighted by Crippen LogP contribution is -2.49. The van der Waals surface area contributed by atoms with E-state index in [0.29, 0.717) is 12.0 Å². The van der Waals surface area contributed by atoms with Gasteiger partial charge in [-0.15, -0.1) is 0 Å². The van der Waals surface area contributed by atoms with Crippen molar-refractivity contribution in [1.29, 1.82) is 0 Å². The van der Waals surface area contributed by atoms with E-state index in [-0.39, 0.29) is 24.2 Å². The Labute approximate surface area is 89.6 Å². The average Bonchev–Trinajstić information content (AvgIpc) is 1.97. The van der Waals surface area contributed by atoms with Crippen molar-refractivity contribution < 1.29 is 9.59 Å². The largest absolute Gasteiger partial charge is 0.370 e. The second-order valence-corrected chi connectivity index (χ2v) is 4.97. The van der Waals surface area contributed by atoms with Crippen LogP contribution in [0.5, 0.6) is 0 Å². The van der Waals surface area contributed by atoms with Crippen LogP contribution in [0.1, 0.15) is 38.5 Å². The van der Waals surface area contributed by atoms with Crippen LogP contribution in [0.25, 0.3) is 0 Å². The number of hydrogen-bond donors (Lipinski definition) is 2. The van der Waals surface area contributed by atoms with E-state index < -0.39 is 0 Å². The Kier molecular flexibility index (Phi) is 2.67. The number of nitrogens with one attached hydrogen (secondary N) is 1. The molecule has 84 valence electrons. The fourth-order valence-corrected chi connectivity index (χ4v) is 2.71. The first-order valence-corrected chi connectivity index (χ1v) is 5.67. The maximum atomic E-state index is 11.6. The molecule has 3 N–H and O–H groups in total. The SMILES string of the molecule is NC(=O)CCNC(=O)C1CC2(CCC2)C1. The van der Waals surface area contributed by atoms with Gasteiger partial charge in [0.25, 0.3) is 0 Å². The molecule has 0 saturated heterocycles. The Balaban J connectivity index is 1.63. The Hall–Kier alpha value is -1.06. The second kappa shape index (κ2) is 3.83. The van der Waals surface area contributed by atoms with Gasteiger partial charge in [-0.25, -0.2) is 0 Å². The molecule has 0 aromatic heterocycles. The van der Waals surface area contributed by atoms with Gasteiger partial charge in [-0.2, -0.15) is 0 Å². The maximum absolute atomic E-state index is 11.6. The smallest absolute Gasteiger partial charge is 0.223 e. The monoisotopic (exact) mass is 210 g/mol. The van der Waals surface area contributed by atoms with Gasteiger partial charge in [-0.05, 0) is 31.1 Å². The van der Waals surface area contributed by atoms with E-state index in [0.717, 1.165) is 12.8 Å². The van der Waals surface area contributed by atoms with Crippen LogP contribution in [0.4, 0.5) is 0 Å². The summed E-state index contributed by atoms with van der Waals surface area (Å²) in [5.41, 5.74) is 5.52.